The molecule has 1 radical (unpaired) electrons. The van der Waals surface area contributed by atoms with Gasteiger partial charge in [0.25, 0.3) is 5.91 Å². The summed E-state index contributed by atoms with van der Waals surface area (Å²) in [5, 5.41) is 3.35. The van der Waals surface area contributed by atoms with Crippen LogP contribution in [0.2, 0.25) is 0 Å². The largest absolute Gasteiger partial charge is 0.314 e. The summed E-state index contributed by atoms with van der Waals surface area (Å²) >= 11 is 1.17. The van der Waals surface area contributed by atoms with Crippen molar-refractivity contribution in [3.05, 3.63) is 76.8 Å². The molecule has 0 fully saturated rings. The standard InChI is InChI=1S/C17H12N3O2S/c18-16-12(7-4-10-19-16)15(21)13-8-9-14(23-13)20-17(22)11-5-2-1-3-6-11/h1-10,18H,(H,20,22). The minimum Gasteiger partial charge on any atom is -0.314 e. The zero-order chi connectivity index (χ0) is 16.2. The first-order valence-electron chi connectivity index (χ1n) is 6.83. The lowest BCUT2D eigenvalue weighted by Gasteiger charge is -2.02. The SMILES string of the molecule is [NH]c1ncccc1C(=O)c1ccc(NC(=O)c2ccccc2)s1. The summed E-state index contributed by atoms with van der Waals surface area (Å²) in [4.78, 5) is 28.7. The predicted molar refractivity (Wildman–Crippen MR) is 89.1 cm³/mol. The molecule has 2 N–H and O–H groups in total. The third-order valence-corrected chi connectivity index (χ3v) is 4.15. The van der Waals surface area contributed by atoms with Crippen LogP contribution in [0.1, 0.15) is 25.6 Å². The van der Waals surface area contributed by atoms with Crippen molar-refractivity contribution >= 4 is 33.8 Å². The quantitative estimate of drug-likeness (QED) is 0.746. The van der Waals surface area contributed by atoms with Gasteiger partial charge in [-0.15, -0.1) is 11.3 Å². The zero-order valence-corrected chi connectivity index (χ0v) is 12.8. The van der Waals surface area contributed by atoms with Gasteiger partial charge in [-0.2, -0.15) is 0 Å². The van der Waals surface area contributed by atoms with Gasteiger partial charge >= 0.3 is 0 Å². The van der Waals surface area contributed by atoms with Gasteiger partial charge in [0, 0.05) is 11.8 Å². The van der Waals surface area contributed by atoms with Crippen molar-refractivity contribution in [1.29, 1.82) is 0 Å². The summed E-state index contributed by atoms with van der Waals surface area (Å²) in [6.45, 7) is 0. The average molecular weight is 322 g/mol. The van der Waals surface area contributed by atoms with E-state index in [1.807, 2.05) is 6.07 Å². The van der Waals surface area contributed by atoms with Gasteiger partial charge in [0.05, 0.1) is 15.4 Å². The van der Waals surface area contributed by atoms with E-state index >= 15 is 0 Å². The van der Waals surface area contributed by atoms with E-state index < -0.39 is 0 Å². The number of carbonyl (C=O) groups is 2. The molecular weight excluding hydrogens is 310 g/mol. The van der Waals surface area contributed by atoms with Crippen LogP contribution in [0, 0.1) is 0 Å². The number of anilines is 1. The van der Waals surface area contributed by atoms with E-state index in [0.717, 1.165) is 0 Å². The highest BCUT2D eigenvalue weighted by Crippen LogP contribution is 2.26. The molecule has 0 spiro atoms. The molecule has 0 atom stereocenters. The lowest BCUT2D eigenvalue weighted by Crippen LogP contribution is -2.10. The van der Waals surface area contributed by atoms with Crippen LogP contribution in [-0.4, -0.2) is 16.7 Å². The van der Waals surface area contributed by atoms with Gasteiger partial charge in [0.15, 0.2) is 5.82 Å². The van der Waals surface area contributed by atoms with E-state index in [9.17, 15) is 9.59 Å². The molecule has 1 amide bonds. The highest BCUT2D eigenvalue weighted by Gasteiger charge is 2.16. The number of thiophene rings is 1. The smallest absolute Gasteiger partial charge is 0.256 e. The van der Waals surface area contributed by atoms with Crippen LogP contribution < -0.4 is 11.1 Å². The van der Waals surface area contributed by atoms with Gasteiger partial charge < -0.3 is 5.32 Å². The molecule has 3 aromatic rings. The Balaban J connectivity index is 1.77. The van der Waals surface area contributed by atoms with E-state index in [0.29, 0.717) is 15.4 Å². The molecule has 5 nitrogen and oxygen atoms in total. The topological polar surface area (TPSA) is 82.9 Å². The van der Waals surface area contributed by atoms with Crippen LogP contribution in [0.3, 0.4) is 0 Å². The summed E-state index contributed by atoms with van der Waals surface area (Å²) in [5.74, 6) is -0.553. The Labute approximate surface area is 136 Å². The van der Waals surface area contributed by atoms with Crippen molar-refractivity contribution in [1.82, 2.24) is 10.7 Å². The summed E-state index contributed by atoms with van der Waals surface area (Å²) in [6.07, 6.45) is 1.47. The number of ketones is 1. The second-order valence-electron chi connectivity index (χ2n) is 4.71. The van der Waals surface area contributed by atoms with Crippen LogP contribution >= 0.6 is 11.3 Å². The molecule has 0 bridgehead atoms. The predicted octanol–water partition coefficient (Wildman–Crippen LogP) is 3.54. The van der Waals surface area contributed by atoms with E-state index in [-0.39, 0.29) is 23.1 Å². The first-order chi connectivity index (χ1) is 11.1. The van der Waals surface area contributed by atoms with Gasteiger partial charge in [0.1, 0.15) is 0 Å². The maximum atomic E-state index is 12.4. The second kappa shape index (κ2) is 6.41. The molecule has 2 heterocycles. The van der Waals surface area contributed by atoms with Gasteiger partial charge in [-0.05, 0) is 36.4 Å². The molecule has 0 saturated heterocycles. The number of benzene rings is 1. The van der Waals surface area contributed by atoms with Crippen molar-refractivity contribution in [2.75, 3.05) is 5.32 Å². The van der Waals surface area contributed by atoms with Gasteiger partial charge in [-0.3, -0.25) is 15.3 Å². The molecule has 23 heavy (non-hydrogen) atoms. The highest BCUT2D eigenvalue weighted by molar-refractivity contribution is 7.18. The molecule has 0 aliphatic heterocycles. The van der Waals surface area contributed by atoms with Crippen LogP contribution in [0.15, 0.2) is 60.8 Å². The lowest BCUT2D eigenvalue weighted by molar-refractivity contribution is 0.102. The van der Waals surface area contributed by atoms with Gasteiger partial charge in [0.2, 0.25) is 5.78 Å². The molecule has 1 aromatic carbocycles. The Morgan fingerprint density at radius 1 is 1.00 bits per heavy atom. The molecule has 0 aliphatic rings. The molecule has 6 heteroatoms. The minimum absolute atomic E-state index is 0.0548. The Morgan fingerprint density at radius 2 is 1.78 bits per heavy atom. The number of carbonyl (C=O) groups excluding carboxylic acids is 2. The summed E-state index contributed by atoms with van der Waals surface area (Å²) < 4.78 is 0. The third kappa shape index (κ3) is 3.27. The Bertz CT molecular complexity index is 859. The fourth-order valence-corrected chi connectivity index (χ4v) is 2.88. The van der Waals surface area contributed by atoms with Gasteiger partial charge in [-0.25, -0.2) is 4.98 Å². The number of amides is 1. The summed E-state index contributed by atoms with van der Waals surface area (Å²) in [7, 11) is 0. The third-order valence-electron chi connectivity index (χ3n) is 3.15. The lowest BCUT2D eigenvalue weighted by atomic mass is 10.1. The average Bonchev–Trinajstić information content (AvgIpc) is 3.04. The van der Waals surface area contributed by atoms with E-state index in [4.69, 9.17) is 5.73 Å². The van der Waals surface area contributed by atoms with Gasteiger partial charge in [-0.1, -0.05) is 18.2 Å². The summed E-state index contributed by atoms with van der Waals surface area (Å²) in [6, 6.07) is 15.4. The highest BCUT2D eigenvalue weighted by atomic mass is 32.1. The first-order valence-corrected chi connectivity index (χ1v) is 7.64. The first kappa shape index (κ1) is 14.9. The number of pyridine rings is 1. The number of hydrogen-bond donors (Lipinski definition) is 1. The number of rotatable bonds is 4. The second-order valence-corrected chi connectivity index (χ2v) is 5.80. The number of hydrogen-bond acceptors (Lipinski definition) is 4. The maximum Gasteiger partial charge on any atom is 0.256 e. The van der Waals surface area contributed by atoms with Crippen LogP contribution in [0.4, 0.5) is 10.8 Å². The Hall–Kier alpha value is -2.99. The fraction of sp³-hybridized carbons (Fsp3) is 0. The van der Waals surface area contributed by atoms with E-state index in [1.165, 1.54) is 17.5 Å². The number of nitrogens with one attached hydrogen (secondary N) is 2. The van der Waals surface area contributed by atoms with Crippen molar-refractivity contribution in [2.45, 2.75) is 0 Å². The maximum absolute atomic E-state index is 12.4. The molecule has 3 rings (SSSR count). The molecule has 2 aromatic heterocycles. The molecule has 113 valence electrons. The van der Waals surface area contributed by atoms with Crippen molar-refractivity contribution in [3.63, 3.8) is 0 Å². The van der Waals surface area contributed by atoms with Crippen molar-refractivity contribution < 1.29 is 9.59 Å². The summed E-state index contributed by atoms with van der Waals surface area (Å²) in [5.41, 5.74) is 8.48. The monoisotopic (exact) mass is 322 g/mol. The number of nitrogens with zero attached hydrogens (tertiary/aromatic N) is 1. The van der Waals surface area contributed by atoms with Crippen LogP contribution in [0.5, 0.6) is 0 Å². The molecule has 0 aliphatic carbocycles. The van der Waals surface area contributed by atoms with E-state index in [2.05, 4.69) is 10.3 Å². The van der Waals surface area contributed by atoms with Crippen LogP contribution in [-0.2, 0) is 0 Å². The normalized spacial score (nSPS) is 10.3. The van der Waals surface area contributed by atoms with E-state index in [1.54, 1.807) is 48.5 Å². The zero-order valence-electron chi connectivity index (χ0n) is 11.9. The molecule has 0 saturated carbocycles. The van der Waals surface area contributed by atoms with Crippen LogP contribution in [0.25, 0.3) is 0 Å². The molecule has 0 unspecified atom stereocenters. The Morgan fingerprint density at radius 3 is 2.52 bits per heavy atom. The Kier molecular flexibility index (Phi) is 4.16. The molecular formula is C17H12N3O2S. The van der Waals surface area contributed by atoms with Crippen molar-refractivity contribution in [2.24, 2.45) is 0 Å². The fourth-order valence-electron chi connectivity index (χ4n) is 2.02. The minimum atomic E-state index is -0.270. The number of aromatic nitrogens is 1. The van der Waals surface area contributed by atoms with Crippen molar-refractivity contribution in [3.8, 4) is 0 Å².